The summed E-state index contributed by atoms with van der Waals surface area (Å²) in [7, 11) is 3.23. The molecule has 1 unspecified atom stereocenters. The number of carbonyl (C=O) groups is 1. The Morgan fingerprint density at radius 2 is 2.00 bits per heavy atom. The molecular weight excluding hydrogens is 358 g/mol. The summed E-state index contributed by atoms with van der Waals surface area (Å²) in [5, 5.41) is 4.11. The Hall–Kier alpha value is -3.35. The molecule has 3 aromatic rings. The smallest absolute Gasteiger partial charge is 0.261 e. The van der Waals surface area contributed by atoms with E-state index in [9.17, 15) is 4.79 Å². The maximum atomic E-state index is 12.5. The first-order valence-corrected chi connectivity index (χ1v) is 9.05. The Balaban J connectivity index is 1.49. The summed E-state index contributed by atoms with van der Waals surface area (Å²) < 4.78 is 16.0. The average molecular weight is 379 g/mol. The van der Waals surface area contributed by atoms with Gasteiger partial charge < -0.3 is 18.9 Å². The Bertz CT molecular complexity index is 985. The molecule has 1 amide bonds. The zero-order chi connectivity index (χ0) is 19.5. The summed E-state index contributed by atoms with van der Waals surface area (Å²) in [6, 6.07) is 15.2. The maximum absolute atomic E-state index is 12.5. The van der Waals surface area contributed by atoms with Gasteiger partial charge in [0.1, 0.15) is 11.5 Å². The van der Waals surface area contributed by atoms with Crippen molar-refractivity contribution >= 4 is 5.91 Å². The molecule has 1 saturated heterocycles. The first-order chi connectivity index (χ1) is 13.7. The normalized spacial score (nSPS) is 16.4. The molecule has 0 saturated carbocycles. The van der Waals surface area contributed by atoms with E-state index >= 15 is 0 Å². The highest BCUT2D eigenvalue weighted by Crippen LogP contribution is 2.32. The van der Waals surface area contributed by atoms with Crippen LogP contribution in [0.3, 0.4) is 0 Å². The molecule has 1 atom stereocenters. The van der Waals surface area contributed by atoms with Crippen molar-refractivity contribution in [2.75, 3.05) is 20.8 Å². The molecule has 2 aromatic carbocycles. The van der Waals surface area contributed by atoms with Gasteiger partial charge in [-0.3, -0.25) is 4.79 Å². The van der Waals surface area contributed by atoms with Gasteiger partial charge in [-0.15, -0.1) is 0 Å². The van der Waals surface area contributed by atoms with Gasteiger partial charge in [0.15, 0.2) is 5.82 Å². The van der Waals surface area contributed by atoms with Crippen LogP contribution in [0.1, 0.15) is 23.7 Å². The lowest BCUT2D eigenvalue weighted by atomic mass is 10.1. The number of hydrogen-bond donors (Lipinski definition) is 0. The zero-order valence-electron chi connectivity index (χ0n) is 15.8. The number of ether oxygens (including phenoxy) is 2. The van der Waals surface area contributed by atoms with Crippen LogP contribution in [0.4, 0.5) is 0 Å². The first kappa shape index (κ1) is 18.0. The molecule has 1 aromatic heterocycles. The lowest BCUT2D eigenvalue weighted by molar-refractivity contribution is -0.128. The summed E-state index contributed by atoms with van der Waals surface area (Å²) in [6.45, 7) is 1.09. The summed E-state index contributed by atoms with van der Waals surface area (Å²) in [5.41, 5.74) is 1.76. The predicted molar refractivity (Wildman–Crippen MR) is 102 cm³/mol. The quantitative estimate of drug-likeness (QED) is 0.654. The Morgan fingerprint density at radius 1 is 1.14 bits per heavy atom. The molecule has 0 N–H and O–H groups in total. The number of para-hydroxylation sites is 1. The Morgan fingerprint density at radius 3 is 2.82 bits per heavy atom. The van der Waals surface area contributed by atoms with Crippen molar-refractivity contribution in [3.63, 3.8) is 0 Å². The maximum Gasteiger partial charge on any atom is 0.261 e. The molecule has 144 valence electrons. The molecule has 2 heterocycles. The molecular formula is C21H21N3O4. The van der Waals surface area contributed by atoms with Crippen LogP contribution in [0.15, 0.2) is 53.1 Å². The van der Waals surface area contributed by atoms with Gasteiger partial charge in [-0.05, 0) is 29.8 Å². The number of methoxy groups -OCH3 is 2. The monoisotopic (exact) mass is 379 g/mol. The van der Waals surface area contributed by atoms with Crippen LogP contribution in [-0.4, -0.2) is 41.7 Å². The van der Waals surface area contributed by atoms with Crippen LogP contribution < -0.4 is 9.47 Å². The molecule has 28 heavy (non-hydrogen) atoms. The first-order valence-electron chi connectivity index (χ1n) is 9.05. The molecule has 0 radical (unpaired) electrons. The Kier molecular flexibility index (Phi) is 4.97. The number of nitrogens with zero attached hydrogens (tertiary/aromatic N) is 3. The SMILES string of the molecule is COc1cccc(CN2CC(c3noc(-c4ccccc4OC)n3)CC2=O)c1. The summed E-state index contributed by atoms with van der Waals surface area (Å²) in [6.07, 6.45) is 0.370. The van der Waals surface area contributed by atoms with Gasteiger partial charge in [0, 0.05) is 25.4 Å². The standard InChI is InChI=1S/C21H21N3O4/c1-26-16-7-5-6-14(10-16)12-24-13-15(11-19(24)25)20-22-21(28-23-20)17-8-3-4-9-18(17)27-2/h3-10,15H,11-13H2,1-2H3. The fourth-order valence-corrected chi connectivity index (χ4v) is 3.42. The summed E-state index contributed by atoms with van der Waals surface area (Å²) in [4.78, 5) is 18.8. The van der Waals surface area contributed by atoms with Crippen molar-refractivity contribution in [3.05, 3.63) is 59.9 Å². The van der Waals surface area contributed by atoms with Gasteiger partial charge in [0.25, 0.3) is 5.89 Å². The molecule has 1 fully saturated rings. The van der Waals surface area contributed by atoms with Crippen LogP contribution in [-0.2, 0) is 11.3 Å². The van der Waals surface area contributed by atoms with E-state index in [-0.39, 0.29) is 11.8 Å². The topological polar surface area (TPSA) is 77.7 Å². The van der Waals surface area contributed by atoms with Gasteiger partial charge in [0.05, 0.1) is 19.8 Å². The van der Waals surface area contributed by atoms with E-state index in [1.54, 1.807) is 14.2 Å². The van der Waals surface area contributed by atoms with E-state index in [4.69, 9.17) is 14.0 Å². The molecule has 1 aliphatic rings. The van der Waals surface area contributed by atoms with Crippen molar-refractivity contribution in [3.8, 4) is 23.0 Å². The molecule has 0 spiro atoms. The second kappa shape index (κ2) is 7.72. The highest BCUT2D eigenvalue weighted by atomic mass is 16.5. The van der Waals surface area contributed by atoms with Crippen molar-refractivity contribution in [1.82, 2.24) is 15.0 Å². The van der Waals surface area contributed by atoms with E-state index in [2.05, 4.69) is 10.1 Å². The average Bonchev–Trinajstić information content (AvgIpc) is 3.35. The molecule has 0 aliphatic carbocycles. The fourth-order valence-electron chi connectivity index (χ4n) is 3.42. The van der Waals surface area contributed by atoms with Crippen LogP contribution in [0, 0.1) is 0 Å². The lowest BCUT2D eigenvalue weighted by Crippen LogP contribution is -2.24. The number of carbonyl (C=O) groups excluding carboxylic acids is 1. The van der Waals surface area contributed by atoms with Crippen molar-refractivity contribution in [1.29, 1.82) is 0 Å². The second-order valence-corrected chi connectivity index (χ2v) is 6.68. The molecule has 7 nitrogen and oxygen atoms in total. The number of benzene rings is 2. The van der Waals surface area contributed by atoms with Crippen LogP contribution in [0.5, 0.6) is 11.5 Å². The van der Waals surface area contributed by atoms with Gasteiger partial charge in [-0.1, -0.05) is 29.4 Å². The lowest BCUT2D eigenvalue weighted by Gasteiger charge is -2.16. The van der Waals surface area contributed by atoms with E-state index in [1.807, 2.05) is 53.4 Å². The fraction of sp³-hybridized carbons (Fsp3) is 0.286. The third-order valence-electron chi connectivity index (χ3n) is 4.87. The predicted octanol–water partition coefficient (Wildman–Crippen LogP) is 3.27. The number of amides is 1. The molecule has 7 heteroatoms. The molecule has 0 bridgehead atoms. The number of aromatic nitrogens is 2. The summed E-state index contributed by atoms with van der Waals surface area (Å²) in [5.74, 6) is 2.37. The molecule has 4 rings (SSSR count). The second-order valence-electron chi connectivity index (χ2n) is 6.68. The summed E-state index contributed by atoms with van der Waals surface area (Å²) >= 11 is 0. The van der Waals surface area contributed by atoms with Crippen molar-refractivity contribution in [2.45, 2.75) is 18.9 Å². The van der Waals surface area contributed by atoms with Crippen LogP contribution >= 0.6 is 0 Å². The van der Waals surface area contributed by atoms with Crippen LogP contribution in [0.2, 0.25) is 0 Å². The van der Waals surface area contributed by atoms with Gasteiger partial charge in [-0.2, -0.15) is 4.98 Å². The highest BCUT2D eigenvalue weighted by molar-refractivity contribution is 5.79. The number of hydrogen-bond acceptors (Lipinski definition) is 6. The van der Waals surface area contributed by atoms with Gasteiger partial charge in [0.2, 0.25) is 5.91 Å². The number of rotatable bonds is 6. The van der Waals surface area contributed by atoms with Crippen molar-refractivity contribution in [2.24, 2.45) is 0 Å². The third kappa shape index (κ3) is 3.55. The van der Waals surface area contributed by atoms with Gasteiger partial charge in [-0.25, -0.2) is 0 Å². The van der Waals surface area contributed by atoms with Crippen LogP contribution in [0.25, 0.3) is 11.5 Å². The van der Waals surface area contributed by atoms with E-state index in [1.165, 1.54) is 0 Å². The highest BCUT2D eigenvalue weighted by Gasteiger charge is 2.34. The van der Waals surface area contributed by atoms with E-state index in [0.717, 1.165) is 16.9 Å². The minimum Gasteiger partial charge on any atom is -0.497 e. The van der Waals surface area contributed by atoms with E-state index < -0.39 is 0 Å². The third-order valence-corrected chi connectivity index (χ3v) is 4.87. The minimum atomic E-state index is -0.0923. The Labute approximate surface area is 162 Å². The zero-order valence-corrected chi connectivity index (χ0v) is 15.8. The molecule has 1 aliphatic heterocycles. The van der Waals surface area contributed by atoms with Crippen molar-refractivity contribution < 1.29 is 18.8 Å². The number of likely N-dealkylation sites (tertiary alicyclic amines) is 1. The largest absolute Gasteiger partial charge is 0.497 e. The van der Waals surface area contributed by atoms with E-state index in [0.29, 0.717) is 37.0 Å². The van der Waals surface area contributed by atoms with Gasteiger partial charge >= 0.3 is 0 Å². The minimum absolute atomic E-state index is 0.0801.